The summed E-state index contributed by atoms with van der Waals surface area (Å²) in [4.78, 5) is 26.4. The minimum Gasteiger partial charge on any atom is -0.381 e. The molecule has 1 aliphatic carbocycles. The number of fused-ring (bicyclic) bond motifs is 1. The van der Waals surface area contributed by atoms with Crippen LogP contribution in [0.25, 0.3) is 0 Å². The van der Waals surface area contributed by atoms with E-state index in [-0.39, 0.29) is 35.1 Å². The van der Waals surface area contributed by atoms with Gasteiger partial charge in [0.15, 0.2) is 0 Å². The van der Waals surface area contributed by atoms with E-state index in [2.05, 4.69) is 12.2 Å². The van der Waals surface area contributed by atoms with Gasteiger partial charge < -0.3 is 10.1 Å². The summed E-state index contributed by atoms with van der Waals surface area (Å²) in [6.45, 7) is 9.11. The van der Waals surface area contributed by atoms with Crippen LogP contribution in [0, 0.1) is 23.2 Å². The molecule has 1 saturated carbocycles. The smallest absolute Gasteiger partial charge is 0.233 e. The Morgan fingerprint density at radius 2 is 2.00 bits per heavy atom. The third-order valence-corrected chi connectivity index (χ3v) is 5.46. The molecule has 0 aromatic heterocycles. The highest BCUT2D eigenvalue weighted by Crippen LogP contribution is 2.63. The number of piperidine rings is 1. The molecule has 0 spiro atoms. The molecular formula is C16H26N2O3. The molecule has 2 aliphatic heterocycles. The van der Waals surface area contributed by atoms with Gasteiger partial charge in [-0.15, -0.1) is 0 Å². The number of hydrogen-bond acceptors (Lipinski definition) is 4. The Balaban J connectivity index is 1.66. The van der Waals surface area contributed by atoms with Crippen molar-refractivity contribution in [1.82, 2.24) is 10.2 Å². The van der Waals surface area contributed by atoms with Gasteiger partial charge in [-0.3, -0.25) is 14.5 Å². The highest BCUT2D eigenvalue weighted by Gasteiger charge is 2.72. The van der Waals surface area contributed by atoms with Crippen molar-refractivity contribution < 1.29 is 14.3 Å². The Hall–Kier alpha value is -0.940. The summed E-state index contributed by atoms with van der Waals surface area (Å²) in [5.41, 5.74) is -0.118. The number of nitrogens with zero attached hydrogens (tertiary/aromatic N) is 1. The first kappa shape index (κ1) is 15.0. The fourth-order valence-electron chi connectivity index (χ4n) is 3.96. The molecule has 3 aliphatic rings. The number of ether oxygens (including phenoxy) is 1. The van der Waals surface area contributed by atoms with E-state index in [1.165, 1.54) is 4.90 Å². The normalized spacial score (nSPS) is 35.2. The van der Waals surface area contributed by atoms with Gasteiger partial charge in [-0.1, -0.05) is 20.8 Å². The quantitative estimate of drug-likeness (QED) is 0.744. The Morgan fingerprint density at radius 3 is 2.52 bits per heavy atom. The Morgan fingerprint density at radius 1 is 1.33 bits per heavy atom. The summed E-state index contributed by atoms with van der Waals surface area (Å²) in [6.07, 6.45) is 2.06. The van der Waals surface area contributed by atoms with Crippen molar-refractivity contribution in [1.29, 1.82) is 0 Å². The number of carbonyl (C=O) groups excluding carboxylic acids is 2. The zero-order valence-electron chi connectivity index (χ0n) is 13.2. The van der Waals surface area contributed by atoms with Gasteiger partial charge in [0.05, 0.1) is 18.4 Å². The third-order valence-electron chi connectivity index (χ3n) is 5.46. The van der Waals surface area contributed by atoms with Crippen molar-refractivity contribution in [2.24, 2.45) is 23.2 Å². The molecule has 4 unspecified atom stereocenters. The minimum absolute atomic E-state index is 0.0391. The fourth-order valence-corrected chi connectivity index (χ4v) is 3.96. The molecule has 5 heteroatoms. The van der Waals surface area contributed by atoms with Crippen LogP contribution in [0.4, 0.5) is 0 Å². The minimum atomic E-state index is -0.118. The first-order valence-electron chi connectivity index (χ1n) is 8.14. The molecule has 2 saturated heterocycles. The molecule has 2 amide bonds. The lowest BCUT2D eigenvalue weighted by Crippen LogP contribution is -2.49. The van der Waals surface area contributed by atoms with E-state index in [4.69, 9.17) is 4.74 Å². The molecule has 21 heavy (non-hydrogen) atoms. The number of imide groups is 1. The maximum Gasteiger partial charge on any atom is 0.233 e. The van der Waals surface area contributed by atoms with Gasteiger partial charge in [-0.25, -0.2) is 0 Å². The average Bonchev–Trinajstić information content (AvgIpc) is 2.82. The second-order valence-corrected chi connectivity index (χ2v) is 7.25. The van der Waals surface area contributed by atoms with E-state index in [1.807, 2.05) is 13.8 Å². The molecule has 5 nitrogen and oxygen atoms in total. The van der Waals surface area contributed by atoms with E-state index in [0.717, 1.165) is 32.6 Å². The molecule has 0 radical (unpaired) electrons. The van der Waals surface area contributed by atoms with E-state index >= 15 is 0 Å². The maximum atomic E-state index is 12.4. The largest absolute Gasteiger partial charge is 0.381 e. The predicted octanol–water partition coefficient (Wildman–Crippen LogP) is 1.03. The lowest BCUT2D eigenvalue weighted by molar-refractivity contribution is -0.143. The lowest BCUT2D eigenvalue weighted by atomic mass is 9.97. The van der Waals surface area contributed by atoms with Crippen molar-refractivity contribution in [3.63, 3.8) is 0 Å². The first-order valence-corrected chi connectivity index (χ1v) is 8.14. The summed E-state index contributed by atoms with van der Waals surface area (Å²) >= 11 is 0. The maximum absolute atomic E-state index is 12.4. The molecule has 2 heterocycles. The van der Waals surface area contributed by atoms with Gasteiger partial charge in [0.2, 0.25) is 11.8 Å². The SMILES string of the molecule is CCCNC(CN1C(=O)C2C(C1=O)C2(C)C)C1CCOC1. The Bertz CT molecular complexity index is 419. The molecule has 4 atom stereocenters. The van der Waals surface area contributed by atoms with Gasteiger partial charge in [0, 0.05) is 25.1 Å². The summed E-state index contributed by atoms with van der Waals surface area (Å²) < 4.78 is 5.47. The van der Waals surface area contributed by atoms with Gasteiger partial charge in [-0.2, -0.15) is 0 Å². The van der Waals surface area contributed by atoms with Crippen LogP contribution in [0.5, 0.6) is 0 Å². The molecule has 1 N–H and O–H groups in total. The van der Waals surface area contributed by atoms with E-state index < -0.39 is 0 Å². The summed E-state index contributed by atoms with van der Waals surface area (Å²) in [5, 5.41) is 3.50. The summed E-state index contributed by atoms with van der Waals surface area (Å²) in [5.74, 6) is 0.338. The van der Waals surface area contributed by atoms with Crippen molar-refractivity contribution in [3.8, 4) is 0 Å². The van der Waals surface area contributed by atoms with Crippen LogP contribution in [0.3, 0.4) is 0 Å². The highest BCUT2D eigenvalue weighted by molar-refractivity contribution is 6.10. The van der Waals surface area contributed by atoms with Crippen LogP contribution < -0.4 is 5.32 Å². The Labute approximate surface area is 126 Å². The number of rotatable bonds is 6. The predicted molar refractivity (Wildman–Crippen MR) is 78.5 cm³/mol. The monoisotopic (exact) mass is 294 g/mol. The van der Waals surface area contributed by atoms with Crippen LogP contribution in [0.1, 0.15) is 33.6 Å². The van der Waals surface area contributed by atoms with Gasteiger partial charge in [0.25, 0.3) is 0 Å². The molecule has 0 aromatic carbocycles. The van der Waals surface area contributed by atoms with Crippen LogP contribution in [-0.4, -0.2) is 49.1 Å². The molecule has 3 fully saturated rings. The zero-order chi connectivity index (χ0) is 15.2. The number of nitrogens with one attached hydrogen (secondary N) is 1. The number of hydrogen-bond donors (Lipinski definition) is 1. The number of likely N-dealkylation sites (tertiary alicyclic amines) is 1. The van der Waals surface area contributed by atoms with Crippen molar-refractivity contribution in [2.45, 2.75) is 39.7 Å². The molecule has 118 valence electrons. The first-order chi connectivity index (χ1) is 9.98. The molecule has 3 rings (SSSR count). The third kappa shape index (κ3) is 2.40. The van der Waals surface area contributed by atoms with E-state index in [1.54, 1.807) is 0 Å². The fraction of sp³-hybridized carbons (Fsp3) is 0.875. The number of amides is 2. The second kappa shape index (κ2) is 5.36. The Kier molecular flexibility index (Phi) is 3.82. The van der Waals surface area contributed by atoms with Crippen molar-refractivity contribution >= 4 is 11.8 Å². The topological polar surface area (TPSA) is 58.6 Å². The molecule has 0 aromatic rings. The van der Waals surface area contributed by atoms with Gasteiger partial charge >= 0.3 is 0 Å². The van der Waals surface area contributed by atoms with Crippen LogP contribution in [0.2, 0.25) is 0 Å². The summed E-state index contributed by atoms with van der Waals surface area (Å²) in [7, 11) is 0. The van der Waals surface area contributed by atoms with Gasteiger partial charge in [-0.05, 0) is 24.8 Å². The van der Waals surface area contributed by atoms with Crippen LogP contribution in [0.15, 0.2) is 0 Å². The van der Waals surface area contributed by atoms with E-state index in [0.29, 0.717) is 12.5 Å². The van der Waals surface area contributed by atoms with E-state index in [9.17, 15) is 9.59 Å². The zero-order valence-corrected chi connectivity index (χ0v) is 13.2. The van der Waals surface area contributed by atoms with Gasteiger partial charge in [0.1, 0.15) is 0 Å². The van der Waals surface area contributed by atoms with Crippen molar-refractivity contribution in [3.05, 3.63) is 0 Å². The van der Waals surface area contributed by atoms with Crippen molar-refractivity contribution in [2.75, 3.05) is 26.3 Å². The lowest BCUT2D eigenvalue weighted by Gasteiger charge is -2.29. The standard InChI is InChI=1S/C16H26N2O3/c1-4-6-17-11(10-5-7-21-9-10)8-18-14(19)12-13(15(18)20)16(12,2)3/h10-13,17H,4-9H2,1-3H3. The molecule has 0 bridgehead atoms. The molecular weight excluding hydrogens is 268 g/mol. The van der Waals surface area contributed by atoms with Crippen LogP contribution in [-0.2, 0) is 14.3 Å². The number of carbonyl (C=O) groups is 2. The summed E-state index contributed by atoms with van der Waals surface area (Å²) in [6, 6.07) is 0.168. The average molecular weight is 294 g/mol. The highest BCUT2D eigenvalue weighted by atomic mass is 16.5. The van der Waals surface area contributed by atoms with Crippen LogP contribution >= 0.6 is 0 Å². The second-order valence-electron chi connectivity index (χ2n) is 7.25.